The van der Waals surface area contributed by atoms with Crippen molar-refractivity contribution >= 4 is 5.69 Å². The van der Waals surface area contributed by atoms with E-state index in [1.54, 1.807) is 0 Å². The first-order valence-corrected chi connectivity index (χ1v) is 5.07. The number of H-pyrrole nitrogens is 1. The minimum atomic E-state index is 0.735. The number of anilines is 1. The lowest BCUT2D eigenvalue weighted by molar-refractivity contribution is 0.988. The third-order valence-corrected chi connectivity index (χ3v) is 2.41. The molecule has 3 nitrogen and oxygen atoms in total. The van der Waals surface area contributed by atoms with Gasteiger partial charge in [-0.05, 0) is 26.0 Å². The lowest BCUT2D eigenvalue weighted by Gasteiger charge is -2.02. The first-order chi connectivity index (χ1) is 7.25. The molecule has 78 valence electrons. The van der Waals surface area contributed by atoms with Crippen molar-refractivity contribution in [3.8, 4) is 0 Å². The highest BCUT2D eigenvalue weighted by atomic mass is 15.0. The zero-order valence-corrected chi connectivity index (χ0v) is 9.04. The maximum atomic E-state index is 4.41. The van der Waals surface area contributed by atoms with E-state index >= 15 is 0 Å². The van der Waals surface area contributed by atoms with Crippen LogP contribution in [0, 0.1) is 13.8 Å². The number of hydrogen-bond acceptors (Lipinski definition) is 2. The highest BCUT2D eigenvalue weighted by Crippen LogP contribution is 2.08. The molecule has 0 bridgehead atoms. The van der Waals surface area contributed by atoms with E-state index < -0.39 is 0 Å². The number of imidazole rings is 1. The molecule has 3 heteroatoms. The largest absolute Gasteiger partial charge is 0.378 e. The molecule has 0 aliphatic rings. The fourth-order valence-electron chi connectivity index (χ4n) is 1.45. The van der Waals surface area contributed by atoms with Crippen LogP contribution in [0.2, 0.25) is 0 Å². The normalized spacial score (nSPS) is 10.3. The Morgan fingerprint density at radius 3 is 2.53 bits per heavy atom. The van der Waals surface area contributed by atoms with Gasteiger partial charge in [-0.15, -0.1) is 0 Å². The van der Waals surface area contributed by atoms with Gasteiger partial charge >= 0.3 is 0 Å². The van der Waals surface area contributed by atoms with E-state index in [1.807, 2.05) is 44.2 Å². The summed E-state index contributed by atoms with van der Waals surface area (Å²) in [6, 6.07) is 10.1. The molecule has 1 aromatic heterocycles. The summed E-state index contributed by atoms with van der Waals surface area (Å²) >= 11 is 0. The molecule has 0 atom stereocenters. The molecule has 0 unspecified atom stereocenters. The number of aromatic amines is 1. The maximum absolute atomic E-state index is 4.41. The summed E-state index contributed by atoms with van der Waals surface area (Å²) < 4.78 is 0. The second-order valence-corrected chi connectivity index (χ2v) is 3.61. The summed E-state index contributed by atoms with van der Waals surface area (Å²) in [5.74, 6) is 0.980. The van der Waals surface area contributed by atoms with Crippen molar-refractivity contribution < 1.29 is 0 Å². The summed E-state index contributed by atoms with van der Waals surface area (Å²) in [5.41, 5.74) is 3.32. The van der Waals surface area contributed by atoms with E-state index in [2.05, 4.69) is 15.3 Å². The Morgan fingerprint density at radius 1 is 1.20 bits per heavy atom. The van der Waals surface area contributed by atoms with Gasteiger partial charge in [0.25, 0.3) is 0 Å². The molecular weight excluding hydrogens is 186 g/mol. The van der Waals surface area contributed by atoms with E-state index in [0.29, 0.717) is 0 Å². The number of para-hydroxylation sites is 1. The van der Waals surface area contributed by atoms with Gasteiger partial charge < -0.3 is 10.3 Å². The number of hydrogen-bond donors (Lipinski definition) is 2. The number of nitrogens with zero attached hydrogens (tertiary/aromatic N) is 1. The minimum absolute atomic E-state index is 0.735. The van der Waals surface area contributed by atoms with Gasteiger partial charge in [0.05, 0.1) is 12.2 Å². The number of rotatable bonds is 3. The predicted octanol–water partition coefficient (Wildman–Crippen LogP) is 2.64. The van der Waals surface area contributed by atoms with Crippen molar-refractivity contribution in [2.24, 2.45) is 0 Å². The standard InChI is InChI=1S/C12H15N3/c1-9-10(2)15-12(14-9)8-13-11-6-4-3-5-7-11/h3-7,13H,8H2,1-2H3,(H,14,15). The van der Waals surface area contributed by atoms with Crippen molar-refractivity contribution in [3.05, 3.63) is 47.5 Å². The molecule has 2 rings (SSSR count). The van der Waals surface area contributed by atoms with Crippen LogP contribution < -0.4 is 5.32 Å². The highest BCUT2D eigenvalue weighted by Gasteiger charge is 2.01. The lowest BCUT2D eigenvalue weighted by atomic mass is 10.3. The van der Waals surface area contributed by atoms with Crippen molar-refractivity contribution in [2.75, 3.05) is 5.32 Å². The van der Waals surface area contributed by atoms with Crippen LogP contribution in [-0.4, -0.2) is 9.97 Å². The van der Waals surface area contributed by atoms with Gasteiger partial charge in [-0.3, -0.25) is 0 Å². The average Bonchev–Trinajstić information content (AvgIpc) is 2.57. The Labute approximate surface area is 89.6 Å². The predicted molar refractivity (Wildman–Crippen MR) is 61.8 cm³/mol. The van der Waals surface area contributed by atoms with Crippen molar-refractivity contribution in [1.29, 1.82) is 0 Å². The summed E-state index contributed by atoms with van der Waals surface area (Å²) in [4.78, 5) is 7.65. The topological polar surface area (TPSA) is 40.7 Å². The Hall–Kier alpha value is -1.77. The van der Waals surface area contributed by atoms with E-state index in [9.17, 15) is 0 Å². The summed E-state index contributed by atoms with van der Waals surface area (Å²) in [6.07, 6.45) is 0. The van der Waals surface area contributed by atoms with Crippen LogP contribution in [0.25, 0.3) is 0 Å². The molecule has 15 heavy (non-hydrogen) atoms. The third-order valence-electron chi connectivity index (χ3n) is 2.41. The van der Waals surface area contributed by atoms with Crippen LogP contribution in [0.1, 0.15) is 17.2 Å². The van der Waals surface area contributed by atoms with Gasteiger partial charge in [0.1, 0.15) is 5.82 Å². The van der Waals surface area contributed by atoms with Crippen molar-refractivity contribution in [1.82, 2.24) is 9.97 Å². The SMILES string of the molecule is Cc1nc(CNc2ccccc2)[nH]c1C. The van der Waals surface area contributed by atoms with E-state index in [4.69, 9.17) is 0 Å². The van der Waals surface area contributed by atoms with Gasteiger partial charge in [0.2, 0.25) is 0 Å². The second kappa shape index (κ2) is 4.17. The molecule has 0 spiro atoms. The van der Waals surface area contributed by atoms with Gasteiger partial charge in [0, 0.05) is 11.4 Å². The Balaban J connectivity index is 1.99. The van der Waals surface area contributed by atoms with Gasteiger partial charge in [-0.25, -0.2) is 4.98 Å². The molecule has 0 amide bonds. The Kier molecular flexibility index (Phi) is 2.72. The van der Waals surface area contributed by atoms with Crippen LogP contribution in [0.15, 0.2) is 30.3 Å². The number of nitrogens with one attached hydrogen (secondary N) is 2. The van der Waals surface area contributed by atoms with E-state index in [0.717, 1.165) is 29.4 Å². The maximum Gasteiger partial charge on any atom is 0.125 e. The fourth-order valence-corrected chi connectivity index (χ4v) is 1.45. The molecule has 2 N–H and O–H groups in total. The molecule has 0 saturated heterocycles. The molecule has 2 aromatic rings. The summed E-state index contributed by atoms with van der Waals surface area (Å²) in [5, 5.41) is 3.31. The second-order valence-electron chi connectivity index (χ2n) is 3.61. The number of aromatic nitrogens is 2. The van der Waals surface area contributed by atoms with Crippen LogP contribution >= 0.6 is 0 Å². The van der Waals surface area contributed by atoms with E-state index in [-0.39, 0.29) is 0 Å². The Morgan fingerprint density at radius 2 is 1.93 bits per heavy atom. The van der Waals surface area contributed by atoms with Crippen LogP contribution in [0.5, 0.6) is 0 Å². The number of benzene rings is 1. The molecular formula is C12H15N3. The molecule has 1 aromatic carbocycles. The van der Waals surface area contributed by atoms with Gasteiger partial charge in [-0.2, -0.15) is 0 Å². The lowest BCUT2D eigenvalue weighted by Crippen LogP contribution is -2.00. The summed E-state index contributed by atoms with van der Waals surface area (Å²) in [7, 11) is 0. The number of aryl methyl sites for hydroxylation is 2. The van der Waals surface area contributed by atoms with Crippen LogP contribution in [0.4, 0.5) is 5.69 Å². The molecule has 1 heterocycles. The summed E-state index contributed by atoms with van der Waals surface area (Å²) in [6.45, 7) is 4.78. The monoisotopic (exact) mass is 201 g/mol. The van der Waals surface area contributed by atoms with Crippen LogP contribution in [0.3, 0.4) is 0 Å². The van der Waals surface area contributed by atoms with Crippen molar-refractivity contribution in [3.63, 3.8) is 0 Å². The van der Waals surface area contributed by atoms with Gasteiger partial charge in [-0.1, -0.05) is 18.2 Å². The molecule has 0 aliphatic heterocycles. The third kappa shape index (κ3) is 2.37. The quantitative estimate of drug-likeness (QED) is 0.801. The minimum Gasteiger partial charge on any atom is -0.378 e. The Bertz CT molecular complexity index is 412. The average molecular weight is 201 g/mol. The first-order valence-electron chi connectivity index (χ1n) is 5.07. The van der Waals surface area contributed by atoms with Crippen molar-refractivity contribution in [2.45, 2.75) is 20.4 Å². The smallest absolute Gasteiger partial charge is 0.125 e. The zero-order valence-electron chi connectivity index (χ0n) is 9.04. The zero-order chi connectivity index (χ0) is 10.7. The fraction of sp³-hybridized carbons (Fsp3) is 0.250. The molecule has 0 aliphatic carbocycles. The van der Waals surface area contributed by atoms with E-state index in [1.165, 1.54) is 0 Å². The van der Waals surface area contributed by atoms with Crippen LogP contribution in [-0.2, 0) is 6.54 Å². The molecule has 0 fully saturated rings. The van der Waals surface area contributed by atoms with Gasteiger partial charge in [0.15, 0.2) is 0 Å². The molecule has 0 radical (unpaired) electrons. The highest BCUT2D eigenvalue weighted by molar-refractivity contribution is 5.42. The first kappa shape index (κ1) is 9.77. The molecule has 0 saturated carbocycles.